The number of nitrogens with zero attached hydrogens (tertiary/aromatic N) is 1. The second-order valence-corrected chi connectivity index (χ2v) is 5.96. The highest BCUT2D eigenvalue weighted by Crippen LogP contribution is 2.24. The van der Waals surface area contributed by atoms with Crippen LogP contribution in [0.2, 0.25) is 4.34 Å². The third-order valence-corrected chi connectivity index (χ3v) is 3.84. The van der Waals surface area contributed by atoms with Gasteiger partial charge in [-0.25, -0.2) is 0 Å². The zero-order chi connectivity index (χ0) is 10.1. The molecule has 74 valence electrons. The summed E-state index contributed by atoms with van der Waals surface area (Å²) < 4.78 is 26.6. The molecule has 0 unspecified atom stereocenters. The molecule has 1 aromatic heterocycles. The maximum Gasteiger partial charge on any atom is 0.301 e. The SMILES string of the molecule is CN(C)S(=O)(=O)Nc1csc(Cl)c1. The lowest BCUT2D eigenvalue weighted by atomic mass is 10.6. The topological polar surface area (TPSA) is 49.4 Å². The molecule has 0 bridgehead atoms. The Morgan fingerprint density at radius 3 is 2.54 bits per heavy atom. The zero-order valence-electron chi connectivity index (χ0n) is 7.11. The van der Waals surface area contributed by atoms with Crippen molar-refractivity contribution in [3.05, 3.63) is 15.8 Å². The molecule has 1 heterocycles. The molecular weight excluding hydrogens is 232 g/mol. The van der Waals surface area contributed by atoms with E-state index in [1.807, 2.05) is 0 Å². The highest BCUT2D eigenvalue weighted by Gasteiger charge is 2.13. The molecule has 1 N–H and O–H groups in total. The maximum atomic E-state index is 11.3. The highest BCUT2D eigenvalue weighted by molar-refractivity contribution is 7.90. The first-order valence-corrected chi connectivity index (χ1v) is 6.06. The van der Waals surface area contributed by atoms with E-state index in [0.29, 0.717) is 10.0 Å². The van der Waals surface area contributed by atoms with Crippen LogP contribution in [0.25, 0.3) is 0 Å². The Balaban J connectivity index is 2.81. The molecule has 0 aliphatic heterocycles. The van der Waals surface area contributed by atoms with E-state index in [0.717, 1.165) is 4.31 Å². The molecule has 0 spiro atoms. The van der Waals surface area contributed by atoms with Crippen LogP contribution in [-0.2, 0) is 10.2 Å². The average molecular weight is 241 g/mol. The normalized spacial score (nSPS) is 12.0. The fourth-order valence-electron chi connectivity index (χ4n) is 0.604. The summed E-state index contributed by atoms with van der Waals surface area (Å²) >= 11 is 6.92. The number of nitrogens with one attached hydrogen (secondary N) is 1. The second-order valence-electron chi connectivity index (χ2n) is 2.53. The maximum absolute atomic E-state index is 11.3. The quantitative estimate of drug-likeness (QED) is 0.873. The molecule has 0 aromatic carbocycles. The summed E-state index contributed by atoms with van der Waals surface area (Å²) in [4.78, 5) is 0. The molecule has 0 aliphatic carbocycles. The van der Waals surface area contributed by atoms with Gasteiger partial charge in [0.15, 0.2) is 0 Å². The van der Waals surface area contributed by atoms with Gasteiger partial charge >= 0.3 is 10.2 Å². The van der Waals surface area contributed by atoms with Crippen LogP contribution >= 0.6 is 22.9 Å². The Morgan fingerprint density at radius 1 is 1.54 bits per heavy atom. The van der Waals surface area contributed by atoms with Gasteiger partial charge < -0.3 is 0 Å². The van der Waals surface area contributed by atoms with E-state index in [-0.39, 0.29) is 0 Å². The van der Waals surface area contributed by atoms with E-state index in [1.165, 1.54) is 25.4 Å². The fraction of sp³-hybridized carbons (Fsp3) is 0.333. The van der Waals surface area contributed by atoms with Crippen molar-refractivity contribution >= 4 is 38.8 Å². The van der Waals surface area contributed by atoms with Gasteiger partial charge in [0.2, 0.25) is 0 Å². The minimum Gasteiger partial charge on any atom is -0.270 e. The van der Waals surface area contributed by atoms with Crippen molar-refractivity contribution in [1.29, 1.82) is 0 Å². The number of hydrogen-bond donors (Lipinski definition) is 1. The van der Waals surface area contributed by atoms with E-state index in [2.05, 4.69) is 4.72 Å². The molecule has 4 nitrogen and oxygen atoms in total. The fourth-order valence-corrected chi connectivity index (χ4v) is 2.09. The number of rotatable bonds is 3. The molecule has 13 heavy (non-hydrogen) atoms. The monoisotopic (exact) mass is 240 g/mol. The summed E-state index contributed by atoms with van der Waals surface area (Å²) in [6.45, 7) is 0. The summed E-state index contributed by atoms with van der Waals surface area (Å²) in [6.07, 6.45) is 0. The number of halogens is 1. The highest BCUT2D eigenvalue weighted by atomic mass is 35.5. The molecule has 1 rings (SSSR count). The van der Waals surface area contributed by atoms with Gasteiger partial charge in [0.25, 0.3) is 0 Å². The van der Waals surface area contributed by atoms with E-state index in [4.69, 9.17) is 11.6 Å². The Labute approximate surface area is 86.3 Å². The lowest BCUT2D eigenvalue weighted by molar-refractivity contribution is 0.527. The van der Waals surface area contributed by atoms with Crippen molar-refractivity contribution in [2.24, 2.45) is 0 Å². The Bertz CT molecular complexity index is 385. The molecule has 0 amide bonds. The van der Waals surface area contributed by atoms with Gasteiger partial charge in [0.05, 0.1) is 10.0 Å². The summed E-state index contributed by atoms with van der Waals surface area (Å²) in [5, 5.41) is 1.64. The number of anilines is 1. The molecule has 1 aromatic rings. The predicted octanol–water partition coefficient (Wildman–Crippen LogP) is 1.62. The minimum absolute atomic E-state index is 0.490. The molecule has 0 aliphatic rings. The number of hydrogen-bond acceptors (Lipinski definition) is 3. The second kappa shape index (κ2) is 3.83. The van der Waals surface area contributed by atoms with Crippen LogP contribution in [0, 0.1) is 0 Å². The van der Waals surface area contributed by atoms with Crippen LogP contribution in [0.15, 0.2) is 11.4 Å². The molecule has 0 atom stereocenters. The van der Waals surface area contributed by atoms with Crippen LogP contribution in [0.1, 0.15) is 0 Å². The predicted molar refractivity (Wildman–Crippen MR) is 55.6 cm³/mol. The van der Waals surface area contributed by atoms with Crippen LogP contribution in [0.5, 0.6) is 0 Å². The lowest BCUT2D eigenvalue weighted by Gasteiger charge is -2.11. The standard InChI is InChI=1S/C6H9ClN2O2S2/c1-9(2)13(10,11)8-5-3-6(7)12-4-5/h3-4,8H,1-2H3. The molecule has 7 heteroatoms. The third kappa shape index (κ3) is 2.84. The van der Waals surface area contributed by atoms with Gasteiger partial charge in [-0.2, -0.15) is 12.7 Å². The van der Waals surface area contributed by atoms with Crippen molar-refractivity contribution in [1.82, 2.24) is 4.31 Å². The third-order valence-electron chi connectivity index (χ3n) is 1.30. The Kier molecular flexibility index (Phi) is 3.18. The van der Waals surface area contributed by atoms with Gasteiger partial charge in [0.1, 0.15) is 0 Å². The van der Waals surface area contributed by atoms with Crippen LogP contribution < -0.4 is 4.72 Å². The molecule has 0 radical (unpaired) electrons. The van der Waals surface area contributed by atoms with Crippen LogP contribution in [-0.4, -0.2) is 26.8 Å². The summed E-state index contributed by atoms with van der Waals surface area (Å²) in [7, 11) is -0.497. The minimum atomic E-state index is -3.41. The summed E-state index contributed by atoms with van der Waals surface area (Å²) in [5.74, 6) is 0. The van der Waals surface area contributed by atoms with Crippen molar-refractivity contribution < 1.29 is 8.42 Å². The molecule has 0 saturated carbocycles. The lowest BCUT2D eigenvalue weighted by Crippen LogP contribution is -2.28. The van der Waals surface area contributed by atoms with Crippen LogP contribution in [0.4, 0.5) is 5.69 Å². The number of thiophene rings is 1. The zero-order valence-corrected chi connectivity index (χ0v) is 9.50. The largest absolute Gasteiger partial charge is 0.301 e. The van der Waals surface area contributed by atoms with Gasteiger partial charge in [-0.05, 0) is 6.07 Å². The smallest absolute Gasteiger partial charge is 0.270 e. The van der Waals surface area contributed by atoms with Gasteiger partial charge in [-0.1, -0.05) is 11.6 Å². The van der Waals surface area contributed by atoms with Crippen molar-refractivity contribution in [2.45, 2.75) is 0 Å². The first-order chi connectivity index (χ1) is 5.92. The summed E-state index contributed by atoms with van der Waals surface area (Å²) in [5.41, 5.74) is 0.490. The van der Waals surface area contributed by atoms with E-state index in [9.17, 15) is 8.42 Å². The van der Waals surface area contributed by atoms with Gasteiger partial charge in [-0.15, -0.1) is 11.3 Å². The molecular formula is C6H9ClN2O2S2. The molecule has 0 fully saturated rings. The van der Waals surface area contributed by atoms with Crippen molar-refractivity contribution in [3.8, 4) is 0 Å². The van der Waals surface area contributed by atoms with E-state index >= 15 is 0 Å². The van der Waals surface area contributed by atoms with Gasteiger partial charge in [-0.3, -0.25) is 4.72 Å². The van der Waals surface area contributed by atoms with Crippen molar-refractivity contribution in [2.75, 3.05) is 18.8 Å². The summed E-state index contributed by atoms with van der Waals surface area (Å²) in [6, 6.07) is 1.56. The Hall–Kier alpha value is -0.300. The van der Waals surface area contributed by atoms with E-state index < -0.39 is 10.2 Å². The van der Waals surface area contributed by atoms with Gasteiger partial charge in [0, 0.05) is 19.5 Å². The van der Waals surface area contributed by atoms with E-state index in [1.54, 1.807) is 11.4 Å². The van der Waals surface area contributed by atoms with Crippen molar-refractivity contribution in [3.63, 3.8) is 0 Å². The van der Waals surface area contributed by atoms with Crippen LogP contribution in [0.3, 0.4) is 0 Å². The molecule has 0 saturated heterocycles. The Morgan fingerprint density at radius 2 is 2.15 bits per heavy atom. The first kappa shape index (κ1) is 10.8. The average Bonchev–Trinajstić information content (AvgIpc) is 2.34. The first-order valence-electron chi connectivity index (χ1n) is 3.36.